The second kappa shape index (κ2) is 6.18. The number of carbonyl (C=O) groups excluding carboxylic acids is 1. The van der Waals surface area contributed by atoms with E-state index in [4.69, 9.17) is 10.5 Å². The molecule has 0 aromatic rings. The van der Waals surface area contributed by atoms with Gasteiger partial charge in [-0.15, -0.1) is 0 Å². The van der Waals surface area contributed by atoms with Crippen LogP contribution in [-0.2, 0) is 9.53 Å². The summed E-state index contributed by atoms with van der Waals surface area (Å²) in [6.07, 6.45) is 0.725. The fraction of sp³-hybridized carbons (Fsp3) is 0.909. The Balaban J connectivity index is 3.90. The Morgan fingerprint density at radius 2 is 2.00 bits per heavy atom. The Bertz CT molecular complexity index is 222. The third kappa shape index (κ3) is 8.64. The third-order valence-corrected chi connectivity index (χ3v) is 2.13. The minimum atomic E-state index is -0.940. The topological polar surface area (TPSA) is 84.6 Å². The van der Waals surface area contributed by atoms with Crippen molar-refractivity contribution in [2.45, 2.75) is 44.8 Å². The lowest BCUT2D eigenvalue weighted by Crippen LogP contribution is -2.45. The van der Waals surface area contributed by atoms with Crippen LogP contribution in [0.5, 0.6) is 0 Å². The zero-order valence-corrected chi connectivity index (χ0v) is 10.7. The largest absolute Gasteiger partial charge is 0.388 e. The number of ether oxygens (including phenoxy) is 1. The SMILES string of the molecule is COCCC(C)(O)CNC(=O)CC(C)(C)N. The molecule has 0 saturated carbocycles. The van der Waals surface area contributed by atoms with Crippen LogP contribution >= 0.6 is 0 Å². The lowest BCUT2D eigenvalue weighted by molar-refractivity contribution is -0.123. The quantitative estimate of drug-likeness (QED) is 0.577. The van der Waals surface area contributed by atoms with Crippen molar-refractivity contribution in [3.05, 3.63) is 0 Å². The molecule has 1 atom stereocenters. The van der Waals surface area contributed by atoms with E-state index in [0.29, 0.717) is 13.0 Å². The highest BCUT2D eigenvalue weighted by molar-refractivity contribution is 5.77. The maximum absolute atomic E-state index is 11.4. The van der Waals surface area contributed by atoms with Gasteiger partial charge in [-0.05, 0) is 20.8 Å². The van der Waals surface area contributed by atoms with Crippen LogP contribution in [0.2, 0.25) is 0 Å². The number of nitrogens with one attached hydrogen (secondary N) is 1. The predicted molar refractivity (Wildman–Crippen MR) is 63.0 cm³/mol. The summed E-state index contributed by atoms with van der Waals surface area (Å²) in [4.78, 5) is 11.4. The molecule has 1 unspecified atom stereocenters. The van der Waals surface area contributed by atoms with Crippen LogP contribution in [0.25, 0.3) is 0 Å². The third-order valence-electron chi connectivity index (χ3n) is 2.13. The number of amides is 1. The van der Waals surface area contributed by atoms with Crippen molar-refractivity contribution in [2.75, 3.05) is 20.3 Å². The van der Waals surface area contributed by atoms with Gasteiger partial charge in [0.25, 0.3) is 0 Å². The van der Waals surface area contributed by atoms with Crippen molar-refractivity contribution in [2.24, 2.45) is 5.73 Å². The van der Waals surface area contributed by atoms with Crippen LogP contribution in [0, 0.1) is 0 Å². The summed E-state index contributed by atoms with van der Waals surface area (Å²) in [6.45, 7) is 5.92. The number of methoxy groups -OCH3 is 1. The molecule has 0 bridgehead atoms. The van der Waals surface area contributed by atoms with E-state index in [9.17, 15) is 9.90 Å². The minimum Gasteiger partial charge on any atom is -0.388 e. The number of carbonyl (C=O) groups is 1. The molecule has 96 valence electrons. The molecule has 0 spiro atoms. The smallest absolute Gasteiger partial charge is 0.221 e. The molecular weight excluding hydrogens is 208 g/mol. The zero-order chi connectivity index (χ0) is 12.8. The molecular formula is C11H24N2O3. The summed E-state index contributed by atoms with van der Waals surface area (Å²) >= 11 is 0. The van der Waals surface area contributed by atoms with E-state index in [-0.39, 0.29) is 18.9 Å². The lowest BCUT2D eigenvalue weighted by atomic mass is 10.0. The second-order valence-corrected chi connectivity index (χ2v) is 5.18. The molecule has 0 aromatic carbocycles. The molecule has 1 amide bonds. The van der Waals surface area contributed by atoms with Gasteiger partial charge in [0.1, 0.15) is 0 Å². The van der Waals surface area contributed by atoms with Gasteiger partial charge >= 0.3 is 0 Å². The molecule has 0 aliphatic rings. The first-order chi connectivity index (χ1) is 7.16. The molecule has 0 aliphatic carbocycles. The summed E-state index contributed by atoms with van der Waals surface area (Å²) in [5, 5.41) is 12.5. The van der Waals surface area contributed by atoms with Crippen molar-refractivity contribution >= 4 is 5.91 Å². The van der Waals surface area contributed by atoms with Crippen LogP contribution < -0.4 is 11.1 Å². The predicted octanol–water partition coefficient (Wildman–Crippen LogP) is 0.0175. The van der Waals surface area contributed by atoms with E-state index in [1.54, 1.807) is 27.9 Å². The molecule has 4 N–H and O–H groups in total. The van der Waals surface area contributed by atoms with Crippen molar-refractivity contribution in [1.29, 1.82) is 0 Å². The van der Waals surface area contributed by atoms with E-state index in [1.807, 2.05) is 0 Å². The van der Waals surface area contributed by atoms with Crippen LogP contribution in [-0.4, -0.2) is 42.4 Å². The van der Waals surface area contributed by atoms with Gasteiger partial charge in [-0.25, -0.2) is 0 Å². The van der Waals surface area contributed by atoms with Gasteiger partial charge in [0.05, 0.1) is 5.60 Å². The molecule has 0 saturated heterocycles. The zero-order valence-electron chi connectivity index (χ0n) is 10.7. The number of hydrogen-bond acceptors (Lipinski definition) is 4. The monoisotopic (exact) mass is 232 g/mol. The highest BCUT2D eigenvalue weighted by Gasteiger charge is 2.22. The fourth-order valence-corrected chi connectivity index (χ4v) is 1.18. The number of nitrogens with two attached hydrogens (primary N) is 1. The highest BCUT2D eigenvalue weighted by Crippen LogP contribution is 2.08. The van der Waals surface area contributed by atoms with Gasteiger partial charge in [0.2, 0.25) is 5.91 Å². The molecule has 5 nitrogen and oxygen atoms in total. The van der Waals surface area contributed by atoms with Gasteiger partial charge in [-0.2, -0.15) is 0 Å². The number of hydrogen-bond donors (Lipinski definition) is 3. The Morgan fingerprint density at radius 3 is 2.44 bits per heavy atom. The van der Waals surface area contributed by atoms with Crippen LogP contribution in [0.1, 0.15) is 33.6 Å². The van der Waals surface area contributed by atoms with Crippen LogP contribution in [0.4, 0.5) is 0 Å². The Labute approximate surface area is 97.3 Å². The fourth-order valence-electron chi connectivity index (χ4n) is 1.18. The molecule has 0 aliphatic heterocycles. The summed E-state index contributed by atoms with van der Waals surface area (Å²) < 4.78 is 4.87. The normalized spacial score (nSPS) is 15.6. The van der Waals surface area contributed by atoms with E-state index in [2.05, 4.69) is 5.32 Å². The first-order valence-electron chi connectivity index (χ1n) is 5.43. The number of aliphatic hydroxyl groups is 1. The van der Waals surface area contributed by atoms with Crippen molar-refractivity contribution in [3.8, 4) is 0 Å². The summed E-state index contributed by atoms with van der Waals surface area (Å²) in [6, 6.07) is 0. The number of rotatable bonds is 7. The molecule has 0 radical (unpaired) electrons. The van der Waals surface area contributed by atoms with Gasteiger partial charge in [-0.1, -0.05) is 0 Å². The van der Waals surface area contributed by atoms with E-state index < -0.39 is 11.1 Å². The molecule has 5 heteroatoms. The maximum atomic E-state index is 11.4. The molecule has 0 fully saturated rings. The average Bonchev–Trinajstić information content (AvgIpc) is 2.09. The highest BCUT2D eigenvalue weighted by atomic mass is 16.5. The average molecular weight is 232 g/mol. The lowest BCUT2D eigenvalue weighted by Gasteiger charge is -2.24. The Kier molecular flexibility index (Phi) is 5.92. The van der Waals surface area contributed by atoms with E-state index >= 15 is 0 Å². The first kappa shape index (κ1) is 15.3. The van der Waals surface area contributed by atoms with E-state index in [1.165, 1.54) is 0 Å². The first-order valence-corrected chi connectivity index (χ1v) is 5.43. The molecule has 0 heterocycles. The van der Waals surface area contributed by atoms with Crippen molar-refractivity contribution < 1.29 is 14.6 Å². The van der Waals surface area contributed by atoms with Gasteiger partial charge in [0.15, 0.2) is 0 Å². The Morgan fingerprint density at radius 1 is 1.44 bits per heavy atom. The van der Waals surface area contributed by atoms with Gasteiger partial charge in [0, 0.05) is 38.6 Å². The van der Waals surface area contributed by atoms with Crippen LogP contribution in [0.3, 0.4) is 0 Å². The molecule has 16 heavy (non-hydrogen) atoms. The molecule has 0 rings (SSSR count). The maximum Gasteiger partial charge on any atom is 0.221 e. The summed E-state index contributed by atoms with van der Waals surface area (Å²) in [5.74, 6) is -0.148. The van der Waals surface area contributed by atoms with Crippen molar-refractivity contribution in [1.82, 2.24) is 5.32 Å². The summed E-state index contributed by atoms with van der Waals surface area (Å²) in [5.41, 5.74) is 4.25. The molecule has 0 aromatic heterocycles. The Hall–Kier alpha value is -0.650. The minimum absolute atomic E-state index is 0.148. The van der Waals surface area contributed by atoms with Crippen LogP contribution in [0.15, 0.2) is 0 Å². The van der Waals surface area contributed by atoms with E-state index in [0.717, 1.165) is 0 Å². The van der Waals surface area contributed by atoms with Gasteiger partial charge in [-0.3, -0.25) is 4.79 Å². The van der Waals surface area contributed by atoms with Gasteiger partial charge < -0.3 is 20.9 Å². The van der Waals surface area contributed by atoms with Crippen molar-refractivity contribution in [3.63, 3.8) is 0 Å². The second-order valence-electron chi connectivity index (χ2n) is 5.18. The standard InChI is InChI=1S/C11H24N2O3/c1-10(2,12)7-9(14)13-8-11(3,15)5-6-16-4/h15H,5-8,12H2,1-4H3,(H,13,14). The summed E-state index contributed by atoms with van der Waals surface area (Å²) in [7, 11) is 1.58.